The van der Waals surface area contributed by atoms with Gasteiger partial charge in [-0.05, 0) is 30.5 Å². The zero-order valence-electron chi connectivity index (χ0n) is 11.5. The Bertz CT molecular complexity index is 548. The summed E-state index contributed by atoms with van der Waals surface area (Å²) in [6, 6.07) is 14.1. The average Bonchev–Trinajstić information content (AvgIpc) is 3.16. The number of likely N-dealkylation sites (tertiary alicyclic amines) is 1. The monoisotopic (exact) mass is 269 g/mol. The number of aryl methyl sites for hydroxylation is 1. The number of hydrogen-bond donors (Lipinski definition) is 0. The van der Waals surface area contributed by atoms with Gasteiger partial charge in [0, 0.05) is 25.4 Å². The highest BCUT2D eigenvalue weighted by atomic mass is 16.3. The first kappa shape index (κ1) is 13.0. The molecule has 1 aromatic heterocycles. The highest BCUT2D eigenvalue weighted by Crippen LogP contribution is 2.27. The van der Waals surface area contributed by atoms with Crippen LogP contribution in [0.3, 0.4) is 0 Å². The van der Waals surface area contributed by atoms with Crippen molar-refractivity contribution in [2.45, 2.75) is 25.2 Å². The first-order valence-electron chi connectivity index (χ1n) is 7.18. The molecule has 1 unspecified atom stereocenters. The summed E-state index contributed by atoms with van der Waals surface area (Å²) < 4.78 is 5.44. The molecule has 1 fully saturated rings. The largest absolute Gasteiger partial charge is 0.469 e. The molecular formula is C17H19NO2. The van der Waals surface area contributed by atoms with Gasteiger partial charge in [0.2, 0.25) is 5.91 Å². The number of amides is 1. The number of rotatable bonds is 4. The van der Waals surface area contributed by atoms with Crippen molar-refractivity contribution in [3.8, 4) is 0 Å². The molecule has 0 bridgehead atoms. The summed E-state index contributed by atoms with van der Waals surface area (Å²) in [5.74, 6) is 1.62. The standard InChI is InChI=1S/C17H19NO2/c19-17(9-8-14-5-2-1-3-6-14)18-11-10-15(13-18)16-7-4-12-20-16/h1-7,12,15H,8-11,13H2. The molecule has 0 saturated carbocycles. The lowest BCUT2D eigenvalue weighted by molar-refractivity contribution is -0.130. The zero-order valence-corrected chi connectivity index (χ0v) is 11.5. The molecule has 3 nitrogen and oxygen atoms in total. The highest BCUT2D eigenvalue weighted by molar-refractivity contribution is 5.76. The fraction of sp³-hybridized carbons (Fsp3) is 0.353. The van der Waals surface area contributed by atoms with E-state index in [1.54, 1.807) is 6.26 Å². The van der Waals surface area contributed by atoms with Crippen LogP contribution in [0.4, 0.5) is 0 Å². The van der Waals surface area contributed by atoms with E-state index in [1.165, 1.54) is 5.56 Å². The average molecular weight is 269 g/mol. The van der Waals surface area contributed by atoms with E-state index in [-0.39, 0.29) is 5.91 Å². The van der Waals surface area contributed by atoms with Crippen LogP contribution in [0.15, 0.2) is 53.1 Å². The first-order chi connectivity index (χ1) is 9.83. The number of furan rings is 1. The molecule has 1 atom stereocenters. The lowest BCUT2D eigenvalue weighted by atomic mass is 10.1. The Kier molecular flexibility index (Phi) is 3.86. The van der Waals surface area contributed by atoms with Crippen molar-refractivity contribution in [3.63, 3.8) is 0 Å². The van der Waals surface area contributed by atoms with Gasteiger partial charge in [0.05, 0.1) is 6.26 Å². The second-order valence-corrected chi connectivity index (χ2v) is 5.33. The Morgan fingerprint density at radius 3 is 2.80 bits per heavy atom. The van der Waals surface area contributed by atoms with E-state index in [0.717, 1.165) is 31.7 Å². The minimum absolute atomic E-state index is 0.253. The van der Waals surface area contributed by atoms with Crippen molar-refractivity contribution in [1.29, 1.82) is 0 Å². The van der Waals surface area contributed by atoms with Gasteiger partial charge in [-0.3, -0.25) is 4.79 Å². The van der Waals surface area contributed by atoms with Crippen LogP contribution in [0.2, 0.25) is 0 Å². The SMILES string of the molecule is O=C(CCc1ccccc1)N1CCC(c2ccco2)C1. The van der Waals surface area contributed by atoms with Gasteiger partial charge in [-0.25, -0.2) is 0 Å². The molecule has 20 heavy (non-hydrogen) atoms. The number of carbonyl (C=O) groups excluding carboxylic acids is 1. The van der Waals surface area contributed by atoms with E-state index in [1.807, 2.05) is 35.2 Å². The van der Waals surface area contributed by atoms with Gasteiger partial charge in [-0.2, -0.15) is 0 Å². The summed E-state index contributed by atoms with van der Waals surface area (Å²) in [5, 5.41) is 0. The van der Waals surface area contributed by atoms with E-state index in [2.05, 4.69) is 12.1 Å². The lowest BCUT2D eigenvalue weighted by Crippen LogP contribution is -2.28. The number of hydrogen-bond acceptors (Lipinski definition) is 2. The fourth-order valence-corrected chi connectivity index (χ4v) is 2.80. The normalized spacial score (nSPS) is 18.4. The van der Waals surface area contributed by atoms with Gasteiger partial charge in [0.25, 0.3) is 0 Å². The van der Waals surface area contributed by atoms with E-state index in [4.69, 9.17) is 4.42 Å². The van der Waals surface area contributed by atoms with Crippen LogP contribution in [0.25, 0.3) is 0 Å². The van der Waals surface area contributed by atoms with Gasteiger partial charge in [0.15, 0.2) is 0 Å². The number of benzene rings is 1. The quantitative estimate of drug-likeness (QED) is 0.854. The molecule has 2 aromatic rings. The van der Waals surface area contributed by atoms with Gasteiger partial charge >= 0.3 is 0 Å². The third kappa shape index (κ3) is 2.93. The predicted molar refractivity (Wildman–Crippen MR) is 77.4 cm³/mol. The maximum Gasteiger partial charge on any atom is 0.222 e. The fourth-order valence-electron chi connectivity index (χ4n) is 2.80. The lowest BCUT2D eigenvalue weighted by Gasteiger charge is -2.16. The van der Waals surface area contributed by atoms with Crippen molar-refractivity contribution in [3.05, 3.63) is 60.1 Å². The Morgan fingerprint density at radius 2 is 2.05 bits per heavy atom. The summed E-state index contributed by atoms with van der Waals surface area (Å²) in [6.45, 7) is 1.64. The third-order valence-electron chi connectivity index (χ3n) is 3.96. The van der Waals surface area contributed by atoms with Crippen LogP contribution in [0.1, 0.15) is 30.1 Å². The molecule has 0 N–H and O–H groups in total. The molecule has 1 aromatic carbocycles. The van der Waals surface area contributed by atoms with E-state index < -0.39 is 0 Å². The summed E-state index contributed by atoms with van der Waals surface area (Å²) in [6.07, 6.45) is 4.12. The van der Waals surface area contributed by atoms with Gasteiger partial charge in [0.1, 0.15) is 5.76 Å². The van der Waals surface area contributed by atoms with Crippen LogP contribution in [0, 0.1) is 0 Å². The van der Waals surface area contributed by atoms with Crippen LogP contribution in [-0.4, -0.2) is 23.9 Å². The molecular weight excluding hydrogens is 250 g/mol. The topological polar surface area (TPSA) is 33.5 Å². The molecule has 2 heterocycles. The van der Waals surface area contributed by atoms with Gasteiger partial charge in [-0.15, -0.1) is 0 Å². The van der Waals surface area contributed by atoms with Crippen LogP contribution in [0.5, 0.6) is 0 Å². The molecule has 0 radical (unpaired) electrons. The number of carbonyl (C=O) groups is 1. The van der Waals surface area contributed by atoms with Crippen molar-refractivity contribution < 1.29 is 9.21 Å². The summed E-state index contributed by atoms with van der Waals surface area (Å²) in [5.41, 5.74) is 1.22. The maximum atomic E-state index is 12.2. The van der Waals surface area contributed by atoms with Crippen molar-refractivity contribution in [1.82, 2.24) is 4.90 Å². The third-order valence-corrected chi connectivity index (χ3v) is 3.96. The van der Waals surface area contributed by atoms with Crippen molar-refractivity contribution in [2.24, 2.45) is 0 Å². The molecule has 3 rings (SSSR count). The van der Waals surface area contributed by atoms with E-state index in [0.29, 0.717) is 12.3 Å². The molecule has 1 saturated heterocycles. The Balaban J connectivity index is 1.51. The van der Waals surface area contributed by atoms with Crippen molar-refractivity contribution >= 4 is 5.91 Å². The smallest absolute Gasteiger partial charge is 0.222 e. The molecule has 0 aliphatic carbocycles. The van der Waals surface area contributed by atoms with Gasteiger partial charge < -0.3 is 9.32 Å². The first-order valence-corrected chi connectivity index (χ1v) is 7.18. The van der Waals surface area contributed by atoms with Crippen LogP contribution in [-0.2, 0) is 11.2 Å². The summed E-state index contributed by atoms with van der Waals surface area (Å²) in [7, 11) is 0. The summed E-state index contributed by atoms with van der Waals surface area (Å²) in [4.78, 5) is 14.2. The van der Waals surface area contributed by atoms with Gasteiger partial charge in [-0.1, -0.05) is 30.3 Å². The highest BCUT2D eigenvalue weighted by Gasteiger charge is 2.28. The Hall–Kier alpha value is -2.03. The van der Waals surface area contributed by atoms with E-state index >= 15 is 0 Å². The minimum Gasteiger partial charge on any atom is -0.469 e. The minimum atomic E-state index is 0.253. The zero-order chi connectivity index (χ0) is 13.8. The predicted octanol–water partition coefficient (Wildman–Crippen LogP) is 3.23. The van der Waals surface area contributed by atoms with Crippen LogP contribution >= 0.6 is 0 Å². The molecule has 1 aliphatic heterocycles. The van der Waals surface area contributed by atoms with Crippen LogP contribution < -0.4 is 0 Å². The Labute approximate surface area is 119 Å². The van der Waals surface area contributed by atoms with Crippen molar-refractivity contribution in [2.75, 3.05) is 13.1 Å². The molecule has 1 aliphatic rings. The second-order valence-electron chi connectivity index (χ2n) is 5.33. The molecule has 104 valence electrons. The molecule has 1 amide bonds. The molecule has 0 spiro atoms. The maximum absolute atomic E-state index is 12.2. The Morgan fingerprint density at radius 1 is 1.20 bits per heavy atom. The van der Waals surface area contributed by atoms with E-state index in [9.17, 15) is 4.79 Å². The number of nitrogens with zero attached hydrogens (tertiary/aromatic N) is 1. The second kappa shape index (κ2) is 5.95. The molecule has 3 heteroatoms. The summed E-state index contributed by atoms with van der Waals surface area (Å²) >= 11 is 0.